The molecule has 0 N–H and O–H groups in total. The number of aromatic nitrogens is 8. The van der Waals surface area contributed by atoms with E-state index in [9.17, 15) is 0 Å². The van der Waals surface area contributed by atoms with E-state index in [2.05, 4.69) is 214 Å². The normalized spacial score (nSPS) is 10.8. The Morgan fingerprint density at radius 1 is 0.330 bits per heavy atom. The van der Waals surface area contributed by atoms with E-state index in [0.717, 1.165) is 60.9 Å². The van der Waals surface area contributed by atoms with Gasteiger partial charge in [0, 0.05) is 60.3 Å². The third-order valence-corrected chi connectivity index (χ3v) is 16.5. The van der Waals surface area contributed by atoms with Crippen LogP contribution in [0.2, 0.25) is 0 Å². The summed E-state index contributed by atoms with van der Waals surface area (Å²) in [6.45, 7) is 26.1. The monoisotopic (exact) mass is 1230 g/mol. The van der Waals surface area contributed by atoms with Gasteiger partial charge in [-0.05, 0) is 111 Å². The Morgan fingerprint density at radius 2 is 0.705 bits per heavy atom. The summed E-state index contributed by atoms with van der Waals surface area (Å²) >= 11 is 4.92. The topological polar surface area (TPSA) is 161 Å². The van der Waals surface area contributed by atoms with E-state index in [0.29, 0.717) is 41.3 Å². The second-order valence-electron chi connectivity index (χ2n) is 22.3. The molecular weight excluding hydrogens is 1150 g/mol. The summed E-state index contributed by atoms with van der Waals surface area (Å²) in [6.07, 6.45) is 14.4. The minimum atomic E-state index is 0.484. The van der Waals surface area contributed by atoms with Gasteiger partial charge < -0.3 is 23.0 Å². The average Bonchev–Trinajstić information content (AvgIpc) is 4.29. The Bertz CT molecular complexity index is 3380. The quantitative estimate of drug-likeness (QED) is 0.101. The predicted molar refractivity (Wildman–Crippen MR) is 362 cm³/mol. The molecule has 8 aromatic heterocycles. The van der Waals surface area contributed by atoms with Gasteiger partial charge in [0.15, 0.2) is 17.3 Å². The molecule has 0 saturated carbocycles. The van der Waals surface area contributed by atoms with Crippen LogP contribution in [0.25, 0.3) is 65.6 Å². The molecule has 12 aromatic rings. The highest BCUT2D eigenvalue weighted by atomic mass is 32.1. The highest BCUT2D eigenvalue weighted by Crippen LogP contribution is 2.36. The molecular formula is C72H80N8O5S3. The molecule has 456 valence electrons. The number of nitrogens with zero attached hydrogens (tertiary/aromatic N) is 8. The molecule has 16 heteroatoms. The number of methoxy groups -OCH3 is 2. The summed E-state index contributed by atoms with van der Waals surface area (Å²) in [5.41, 5.74) is 19.5. The van der Waals surface area contributed by atoms with Crippen molar-refractivity contribution in [1.29, 1.82) is 0 Å². The largest absolute Gasteiger partial charge is 0.496 e. The van der Waals surface area contributed by atoms with Crippen LogP contribution in [0, 0.1) is 0 Å². The van der Waals surface area contributed by atoms with E-state index in [1.54, 1.807) is 72.9 Å². The zero-order chi connectivity index (χ0) is 63.0. The number of thiazole rings is 3. The van der Waals surface area contributed by atoms with Crippen LogP contribution in [0.3, 0.4) is 0 Å². The molecule has 0 bridgehead atoms. The molecule has 0 amide bonds. The molecule has 0 aliphatic carbocycles. The molecule has 12 rings (SSSR count). The lowest BCUT2D eigenvalue weighted by atomic mass is 10.00. The highest BCUT2D eigenvalue weighted by Gasteiger charge is 2.13. The number of hydrogen-bond donors (Lipinski definition) is 0. The second-order valence-corrected chi connectivity index (χ2v) is 24.9. The van der Waals surface area contributed by atoms with Crippen molar-refractivity contribution in [3.63, 3.8) is 0 Å². The van der Waals surface area contributed by atoms with Gasteiger partial charge in [0.2, 0.25) is 0 Å². The second kappa shape index (κ2) is 34.0. The maximum atomic E-state index is 5.44. The van der Waals surface area contributed by atoms with Gasteiger partial charge in [-0.1, -0.05) is 171 Å². The Morgan fingerprint density at radius 3 is 1.10 bits per heavy atom. The summed E-state index contributed by atoms with van der Waals surface area (Å²) < 4.78 is 26.0. The van der Waals surface area contributed by atoms with Crippen LogP contribution in [0.4, 0.5) is 0 Å². The first-order valence-corrected chi connectivity index (χ1v) is 32.0. The van der Waals surface area contributed by atoms with Gasteiger partial charge in [-0.3, -0.25) is 24.9 Å². The first-order valence-electron chi connectivity index (χ1n) is 29.4. The van der Waals surface area contributed by atoms with Gasteiger partial charge >= 0.3 is 0 Å². The first kappa shape index (κ1) is 66.8. The first-order chi connectivity index (χ1) is 42.5. The van der Waals surface area contributed by atoms with Crippen molar-refractivity contribution in [2.24, 2.45) is 0 Å². The zero-order valence-corrected chi connectivity index (χ0v) is 55.2. The van der Waals surface area contributed by atoms with Crippen LogP contribution in [-0.2, 0) is 0 Å². The fourth-order valence-corrected chi connectivity index (χ4v) is 10.4. The molecule has 13 nitrogen and oxygen atoms in total. The number of hydrogen-bond acceptors (Lipinski definition) is 16. The third-order valence-electron chi connectivity index (χ3n) is 14.1. The Balaban J connectivity index is 0.000000151. The van der Waals surface area contributed by atoms with E-state index >= 15 is 0 Å². The van der Waals surface area contributed by atoms with Crippen LogP contribution in [0.1, 0.15) is 152 Å². The van der Waals surface area contributed by atoms with Crippen molar-refractivity contribution >= 4 is 34.0 Å². The molecule has 0 atom stereocenters. The van der Waals surface area contributed by atoms with Gasteiger partial charge in [-0.15, -0.1) is 34.0 Å². The fraction of sp³-hybridized carbons (Fsp3) is 0.278. The molecule has 0 fully saturated rings. The SMILES string of the molecule is CC(C)c1ccc(-c2ccno2)cc1.CC(C)c1ccc(-c2ccno2)nc1.CC(C)c1ccc(-c2cncs2)cc1.CC(C)c1ccc(-c2cncs2)nc1.COc1cc(C(C)C)ccc1-c1ccno1.COc1cc(C(C)C)ccc1-c1cncs1. The molecule has 0 aliphatic rings. The lowest BCUT2D eigenvalue weighted by molar-refractivity contribution is 0.405. The smallest absolute Gasteiger partial charge is 0.185 e. The third kappa shape index (κ3) is 19.7. The molecule has 88 heavy (non-hydrogen) atoms. The fourth-order valence-electron chi connectivity index (χ4n) is 8.51. The number of pyridine rings is 2. The highest BCUT2D eigenvalue weighted by molar-refractivity contribution is 7.13. The maximum absolute atomic E-state index is 5.44. The summed E-state index contributed by atoms with van der Waals surface area (Å²) in [5.74, 6) is 7.22. The van der Waals surface area contributed by atoms with Crippen LogP contribution < -0.4 is 9.47 Å². The van der Waals surface area contributed by atoms with E-state index in [-0.39, 0.29) is 0 Å². The van der Waals surface area contributed by atoms with E-state index < -0.39 is 0 Å². The van der Waals surface area contributed by atoms with Crippen LogP contribution in [0.15, 0.2) is 207 Å². The van der Waals surface area contributed by atoms with Gasteiger partial charge in [-0.25, -0.2) is 0 Å². The molecule has 0 aliphatic heterocycles. The Labute approximate surface area is 531 Å². The standard InChI is InChI=1S/C13H15NO2.C13H15NOS.C12H13NO.C12H13NS.C11H12N2O.C11H12N2S/c1-9(2)10-4-5-11(13(8-10)15-3)12-6-7-14-16-12;1-9(2)10-4-5-11(12(6-10)15-3)13-7-14-8-16-13;1-9(2)10-3-5-11(6-4-10)12-7-8-13-14-12;1-9(2)10-3-5-11(6-4-10)12-7-13-8-14-12;1-8(2)9-3-4-10(12-7-9)11-5-6-13-14-11;1-8(2)9-3-4-10(13-5-9)11-6-12-7-14-11/h2*4-9H,1-3H3;2*3-9H,1-2H3;2*3-8H,1-2H3. The molecule has 4 aromatic carbocycles. The minimum Gasteiger partial charge on any atom is -0.496 e. The predicted octanol–water partition coefficient (Wildman–Crippen LogP) is 21.0. The lowest BCUT2D eigenvalue weighted by Crippen LogP contribution is -1.92. The average molecular weight is 1230 g/mol. The van der Waals surface area contributed by atoms with Crippen molar-refractivity contribution in [2.45, 2.75) is 119 Å². The van der Waals surface area contributed by atoms with Gasteiger partial charge in [-0.2, -0.15) is 0 Å². The van der Waals surface area contributed by atoms with Crippen molar-refractivity contribution in [3.8, 4) is 77.1 Å². The van der Waals surface area contributed by atoms with Crippen molar-refractivity contribution in [3.05, 3.63) is 227 Å². The van der Waals surface area contributed by atoms with Gasteiger partial charge in [0.25, 0.3) is 0 Å². The molecule has 8 heterocycles. The Hall–Kier alpha value is -8.70. The van der Waals surface area contributed by atoms with E-state index in [1.807, 2.05) is 77.8 Å². The van der Waals surface area contributed by atoms with Gasteiger partial charge in [0.05, 0.1) is 75.2 Å². The van der Waals surface area contributed by atoms with Crippen molar-refractivity contribution in [1.82, 2.24) is 40.4 Å². The number of rotatable bonds is 14. The van der Waals surface area contributed by atoms with Crippen LogP contribution in [-0.4, -0.2) is 54.6 Å². The van der Waals surface area contributed by atoms with Crippen LogP contribution in [0.5, 0.6) is 11.5 Å². The molecule has 0 spiro atoms. The molecule has 0 radical (unpaired) electrons. The summed E-state index contributed by atoms with van der Waals surface area (Å²) in [5, 5.41) is 11.0. The number of ether oxygens (including phenoxy) is 2. The number of benzene rings is 4. The minimum absolute atomic E-state index is 0.484. The summed E-state index contributed by atoms with van der Waals surface area (Å²) in [6, 6.07) is 43.3. The molecule has 0 saturated heterocycles. The Kier molecular flexibility index (Phi) is 25.8. The van der Waals surface area contributed by atoms with E-state index in [1.165, 1.54) is 43.8 Å². The zero-order valence-electron chi connectivity index (χ0n) is 52.8. The molecule has 0 unspecified atom stereocenters. The van der Waals surface area contributed by atoms with Crippen molar-refractivity contribution < 1.29 is 23.0 Å². The van der Waals surface area contributed by atoms with Crippen molar-refractivity contribution in [2.75, 3.05) is 14.2 Å². The lowest BCUT2D eigenvalue weighted by Gasteiger charge is -2.11. The van der Waals surface area contributed by atoms with E-state index in [4.69, 9.17) is 23.0 Å². The summed E-state index contributed by atoms with van der Waals surface area (Å²) in [7, 11) is 3.38. The van der Waals surface area contributed by atoms with Crippen LogP contribution >= 0.6 is 34.0 Å². The van der Waals surface area contributed by atoms with Gasteiger partial charge in [0.1, 0.15) is 17.2 Å². The summed E-state index contributed by atoms with van der Waals surface area (Å²) in [4.78, 5) is 24.4. The maximum Gasteiger partial charge on any atom is 0.185 e.